The van der Waals surface area contributed by atoms with Crippen LogP contribution in [0.15, 0.2) is 41.4 Å². The van der Waals surface area contributed by atoms with E-state index in [2.05, 4.69) is 20.5 Å². The summed E-state index contributed by atoms with van der Waals surface area (Å²) in [5, 5.41) is 5.59. The molecule has 1 aliphatic heterocycles. The number of halogens is 1. The van der Waals surface area contributed by atoms with E-state index in [1.54, 1.807) is 0 Å². The SMILES string of the molecule is CC(=O)Nc1ccc(CN2CCC(NC(=O)c3cc(S(=O)(=O)F)c[nH]3)CC2)cc1. The number of rotatable bonds is 6. The molecule has 156 valence electrons. The predicted octanol–water partition coefficient (Wildman–Crippen LogP) is 2.03. The molecule has 1 aromatic carbocycles. The zero-order chi connectivity index (χ0) is 21.0. The van der Waals surface area contributed by atoms with Gasteiger partial charge in [-0.2, -0.15) is 8.42 Å². The van der Waals surface area contributed by atoms with Gasteiger partial charge in [-0.25, -0.2) is 0 Å². The molecule has 2 amide bonds. The molecule has 0 atom stereocenters. The number of nitrogens with one attached hydrogen (secondary N) is 3. The number of aromatic nitrogens is 1. The number of hydrogen-bond acceptors (Lipinski definition) is 5. The van der Waals surface area contributed by atoms with Crippen LogP contribution in [-0.4, -0.2) is 49.2 Å². The van der Waals surface area contributed by atoms with Crippen molar-refractivity contribution < 1.29 is 21.9 Å². The second-order valence-corrected chi connectivity index (χ2v) is 8.44. The van der Waals surface area contributed by atoms with Crippen LogP contribution in [-0.2, 0) is 21.6 Å². The predicted molar refractivity (Wildman–Crippen MR) is 106 cm³/mol. The molecule has 2 heterocycles. The van der Waals surface area contributed by atoms with Crippen LogP contribution in [0, 0.1) is 0 Å². The van der Waals surface area contributed by atoms with E-state index in [1.165, 1.54) is 6.92 Å². The molecule has 0 aliphatic carbocycles. The molecule has 3 rings (SSSR count). The summed E-state index contributed by atoms with van der Waals surface area (Å²) < 4.78 is 34.7. The zero-order valence-electron chi connectivity index (χ0n) is 15.9. The van der Waals surface area contributed by atoms with Gasteiger partial charge in [0, 0.05) is 44.5 Å². The molecule has 0 bridgehead atoms. The van der Waals surface area contributed by atoms with E-state index in [-0.39, 0.29) is 17.6 Å². The highest BCUT2D eigenvalue weighted by atomic mass is 32.3. The molecule has 1 aliphatic rings. The molecule has 29 heavy (non-hydrogen) atoms. The Morgan fingerprint density at radius 1 is 1.21 bits per heavy atom. The van der Waals surface area contributed by atoms with E-state index in [0.717, 1.165) is 56.0 Å². The van der Waals surface area contributed by atoms with Crippen LogP contribution in [0.25, 0.3) is 0 Å². The molecule has 0 unspecified atom stereocenters. The molecule has 10 heteroatoms. The Kier molecular flexibility index (Phi) is 6.33. The average molecular weight is 422 g/mol. The van der Waals surface area contributed by atoms with Crippen LogP contribution in [0.4, 0.5) is 9.57 Å². The quantitative estimate of drug-likeness (QED) is 0.617. The monoisotopic (exact) mass is 422 g/mol. The third-order valence-electron chi connectivity index (χ3n) is 4.79. The Bertz CT molecular complexity index is 980. The second-order valence-electron chi connectivity index (χ2n) is 7.09. The van der Waals surface area contributed by atoms with Crippen molar-refractivity contribution in [1.29, 1.82) is 0 Å². The number of nitrogens with zero attached hydrogens (tertiary/aromatic N) is 1. The Balaban J connectivity index is 1.47. The van der Waals surface area contributed by atoms with Gasteiger partial charge in [0.2, 0.25) is 5.91 Å². The number of carbonyl (C=O) groups excluding carboxylic acids is 2. The zero-order valence-corrected chi connectivity index (χ0v) is 16.8. The second kappa shape index (κ2) is 8.75. The lowest BCUT2D eigenvalue weighted by Gasteiger charge is -2.32. The van der Waals surface area contributed by atoms with Crippen molar-refractivity contribution in [2.75, 3.05) is 18.4 Å². The minimum atomic E-state index is -4.83. The van der Waals surface area contributed by atoms with Crippen molar-refractivity contribution in [3.05, 3.63) is 47.8 Å². The Hall–Kier alpha value is -2.72. The van der Waals surface area contributed by atoms with Crippen molar-refractivity contribution >= 4 is 27.7 Å². The highest BCUT2D eigenvalue weighted by Gasteiger charge is 2.23. The molecule has 1 saturated heterocycles. The first kappa shape index (κ1) is 21.0. The number of anilines is 1. The van der Waals surface area contributed by atoms with Gasteiger partial charge < -0.3 is 15.6 Å². The van der Waals surface area contributed by atoms with Crippen LogP contribution in [0.5, 0.6) is 0 Å². The summed E-state index contributed by atoms with van der Waals surface area (Å²) in [6, 6.07) is 8.64. The van der Waals surface area contributed by atoms with Crippen molar-refractivity contribution in [1.82, 2.24) is 15.2 Å². The average Bonchev–Trinajstić information content (AvgIpc) is 3.15. The number of H-pyrrole nitrogens is 1. The molecule has 1 aromatic heterocycles. The summed E-state index contributed by atoms with van der Waals surface area (Å²) in [5.74, 6) is -0.560. The number of amides is 2. The van der Waals surface area contributed by atoms with Crippen molar-refractivity contribution in [3.8, 4) is 0 Å². The Morgan fingerprint density at radius 3 is 2.41 bits per heavy atom. The third-order valence-corrected chi connectivity index (χ3v) is 5.58. The highest BCUT2D eigenvalue weighted by molar-refractivity contribution is 7.86. The van der Waals surface area contributed by atoms with Gasteiger partial charge in [-0.15, -0.1) is 3.89 Å². The van der Waals surface area contributed by atoms with E-state index in [9.17, 15) is 21.9 Å². The van der Waals surface area contributed by atoms with Gasteiger partial charge in [0.05, 0.1) is 0 Å². The summed E-state index contributed by atoms with van der Waals surface area (Å²) in [7, 11) is -4.83. The van der Waals surface area contributed by atoms with E-state index >= 15 is 0 Å². The number of carbonyl (C=O) groups is 2. The fourth-order valence-electron chi connectivity index (χ4n) is 3.30. The fourth-order valence-corrected chi connectivity index (χ4v) is 3.76. The van der Waals surface area contributed by atoms with E-state index in [1.807, 2.05) is 24.3 Å². The molecule has 0 spiro atoms. The first-order valence-corrected chi connectivity index (χ1v) is 10.6. The maximum atomic E-state index is 13.0. The third kappa shape index (κ3) is 5.88. The van der Waals surface area contributed by atoms with Gasteiger partial charge >= 0.3 is 10.2 Å². The number of benzene rings is 1. The maximum absolute atomic E-state index is 13.0. The summed E-state index contributed by atoms with van der Waals surface area (Å²) in [6.45, 7) is 3.84. The topological polar surface area (TPSA) is 111 Å². The lowest BCUT2D eigenvalue weighted by Crippen LogP contribution is -2.44. The Labute approximate surface area is 168 Å². The molecular formula is C19H23FN4O4S. The standard InChI is InChI=1S/C19H23FN4O4S/c1-13(25)22-15-4-2-14(3-5-15)12-24-8-6-16(7-9-24)23-19(26)18-10-17(11-21-18)29(20,27)28/h2-5,10-11,16,21H,6-9,12H2,1H3,(H,22,25)(H,23,26). The fraction of sp³-hybridized carbons (Fsp3) is 0.368. The van der Waals surface area contributed by atoms with Crippen LogP contribution in [0.2, 0.25) is 0 Å². The van der Waals surface area contributed by atoms with Gasteiger partial charge in [0.1, 0.15) is 10.6 Å². The summed E-state index contributed by atoms with van der Waals surface area (Å²) in [6.07, 6.45) is 2.47. The molecule has 0 radical (unpaired) electrons. The van der Waals surface area contributed by atoms with Crippen molar-refractivity contribution in [2.24, 2.45) is 0 Å². The maximum Gasteiger partial charge on any atom is 0.333 e. The summed E-state index contributed by atoms with van der Waals surface area (Å²) in [4.78, 5) is 27.5. The summed E-state index contributed by atoms with van der Waals surface area (Å²) >= 11 is 0. The summed E-state index contributed by atoms with van der Waals surface area (Å²) in [5.41, 5.74) is 1.91. The van der Waals surface area contributed by atoms with Gasteiger partial charge in [-0.3, -0.25) is 14.5 Å². The number of likely N-dealkylation sites (tertiary alicyclic amines) is 1. The first-order chi connectivity index (χ1) is 13.7. The van der Waals surface area contributed by atoms with Gasteiger partial charge in [-0.05, 0) is 36.6 Å². The normalized spacial score (nSPS) is 15.8. The molecule has 8 nitrogen and oxygen atoms in total. The van der Waals surface area contributed by atoms with Crippen molar-refractivity contribution in [3.63, 3.8) is 0 Å². The molecular weight excluding hydrogens is 399 g/mol. The van der Waals surface area contributed by atoms with Gasteiger partial charge in [0.25, 0.3) is 5.91 Å². The Morgan fingerprint density at radius 2 is 1.86 bits per heavy atom. The van der Waals surface area contributed by atoms with Gasteiger partial charge in [-0.1, -0.05) is 12.1 Å². The van der Waals surface area contributed by atoms with Gasteiger partial charge in [0.15, 0.2) is 0 Å². The molecule has 3 N–H and O–H groups in total. The van der Waals surface area contributed by atoms with E-state index < -0.39 is 21.0 Å². The minimum absolute atomic E-state index is 0.0166. The smallest absolute Gasteiger partial charge is 0.333 e. The van der Waals surface area contributed by atoms with Crippen LogP contribution in [0.3, 0.4) is 0 Å². The van der Waals surface area contributed by atoms with Crippen molar-refractivity contribution in [2.45, 2.75) is 37.2 Å². The number of piperidine rings is 1. The molecule has 1 fully saturated rings. The molecule has 2 aromatic rings. The van der Waals surface area contributed by atoms with E-state index in [4.69, 9.17) is 0 Å². The number of aromatic amines is 1. The number of hydrogen-bond donors (Lipinski definition) is 3. The first-order valence-electron chi connectivity index (χ1n) is 9.23. The minimum Gasteiger partial charge on any atom is -0.356 e. The van der Waals surface area contributed by atoms with Crippen LogP contribution >= 0.6 is 0 Å². The molecule has 0 saturated carbocycles. The lowest BCUT2D eigenvalue weighted by molar-refractivity contribution is -0.114. The highest BCUT2D eigenvalue weighted by Crippen LogP contribution is 2.17. The van der Waals surface area contributed by atoms with Crippen LogP contribution < -0.4 is 10.6 Å². The lowest BCUT2D eigenvalue weighted by atomic mass is 10.0. The van der Waals surface area contributed by atoms with E-state index in [0.29, 0.717) is 0 Å². The van der Waals surface area contributed by atoms with Crippen LogP contribution in [0.1, 0.15) is 35.8 Å². The largest absolute Gasteiger partial charge is 0.356 e.